The first-order valence-corrected chi connectivity index (χ1v) is 5.75. The van der Waals surface area contributed by atoms with Crippen molar-refractivity contribution in [2.24, 2.45) is 5.73 Å². The molecule has 2 atom stereocenters. The van der Waals surface area contributed by atoms with Gasteiger partial charge in [-0.1, -0.05) is 0 Å². The second-order valence-electron chi connectivity index (χ2n) is 5.22. The highest BCUT2D eigenvalue weighted by atomic mass is 19.1. The predicted molar refractivity (Wildman–Crippen MR) is 61.9 cm³/mol. The van der Waals surface area contributed by atoms with Crippen LogP contribution in [0.15, 0.2) is 0 Å². The second kappa shape index (κ2) is 5.41. The van der Waals surface area contributed by atoms with Crippen LogP contribution < -0.4 is 5.73 Å². The summed E-state index contributed by atoms with van der Waals surface area (Å²) >= 11 is 0. The van der Waals surface area contributed by atoms with Crippen LogP contribution in [0.1, 0.15) is 27.2 Å². The molecule has 0 aromatic rings. The fourth-order valence-corrected chi connectivity index (χ4v) is 1.70. The zero-order valence-electron chi connectivity index (χ0n) is 11.0. The normalized spacial score (nSPS) is 23.1. The molecule has 0 radical (unpaired) electrons. The van der Waals surface area contributed by atoms with E-state index in [-0.39, 0.29) is 13.0 Å². The molecule has 1 fully saturated rings. The third-order valence-corrected chi connectivity index (χ3v) is 2.35. The van der Waals surface area contributed by atoms with Crippen LogP contribution in [0.25, 0.3) is 0 Å². The molecule has 1 aliphatic heterocycles. The van der Waals surface area contributed by atoms with Gasteiger partial charge in [0.1, 0.15) is 17.8 Å². The summed E-state index contributed by atoms with van der Waals surface area (Å²) in [6.07, 6.45) is -3.75. The Morgan fingerprint density at radius 2 is 1.89 bits per heavy atom. The van der Waals surface area contributed by atoms with Crippen molar-refractivity contribution in [1.82, 2.24) is 4.90 Å². The number of nitrogens with zero attached hydrogens (tertiary/aromatic N) is 1. The van der Waals surface area contributed by atoms with E-state index in [1.54, 1.807) is 20.8 Å². The van der Waals surface area contributed by atoms with Gasteiger partial charge in [-0.25, -0.2) is 18.8 Å². The van der Waals surface area contributed by atoms with Crippen molar-refractivity contribution >= 4 is 18.2 Å². The number of nitrogens with two attached hydrogens (primary N) is 1. The number of halogens is 1. The van der Waals surface area contributed by atoms with E-state index >= 15 is 0 Å². The van der Waals surface area contributed by atoms with Crippen molar-refractivity contribution < 1.29 is 28.2 Å². The van der Waals surface area contributed by atoms with Gasteiger partial charge in [0, 0.05) is 6.42 Å². The quantitative estimate of drug-likeness (QED) is 0.568. The average Bonchev–Trinajstić information content (AvgIpc) is 2.56. The Labute approximate surface area is 109 Å². The third kappa shape index (κ3) is 4.38. The topological polar surface area (TPSA) is 98.9 Å². The Morgan fingerprint density at radius 3 is 2.37 bits per heavy atom. The van der Waals surface area contributed by atoms with Crippen LogP contribution in [0, 0.1) is 0 Å². The molecule has 0 aliphatic carbocycles. The van der Waals surface area contributed by atoms with E-state index in [9.17, 15) is 18.8 Å². The molecule has 0 spiro atoms. The van der Waals surface area contributed by atoms with E-state index in [0.717, 1.165) is 4.90 Å². The van der Waals surface area contributed by atoms with E-state index in [4.69, 9.17) is 10.5 Å². The largest absolute Gasteiger partial charge is 0.444 e. The van der Waals surface area contributed by atoms with Crippen LogP contribution in [0.4, 0.5) is 14.0 Å². The van der Waals surface area contributed by atoms with Crippen molar-refractivity contribution in [3.63, 3.8) is 0 Å². The summed E-state index contributed by atoms with van der Waals surface area (Å²) in [6.45, 7) is 4.65. The Hall–Kier alpha value is -1.86. The number of hydrogen-bond acceptors (Lipinski definition) is 5. The minimum atomic E-state index is -1.38. The molecule has 1 rings (SSSR count). The van der Waals surface area contributed by atoms with Crippen LogP contribution >= 0.6 is 0 Å². The van der Waals surface area contributed by atoms with Crippen LogP contribution in [0.5, 0.6) is 0 Å². The molecule has 19 heavy (non-hydrogen) atoms. The van der Waals surface area contributed by atoms with Gasteiger partial charge in [0.15, 0.2) is 0 Å². The lowest BCUT2D eigenvalue weighted by molar-refractivity contribution is -0.142. The summed E-state index contributed by atoms with van der Waals surface area (Å²) in [5, 5.41) is 0. The first-order valence-electron chi connectivity index (χ1n) is 5.75. The Kier molecular flexibility index (Phi) is 4.33. The van der Waals surface area contributed by atoms with E-state index in [0.29, 0.717) is 0 Å². The maximum absolute atomic E-state index is 13.3. The Morgan fingerprint density at radius 1 is 1.32 bits per heavy atom. The number of alkyl halides is 1. The summed E-state index contributed by atoms with van der Waals surface area (Å²) in [7, 11) is 0. The number of likely N-dealkylation sites (tertiary alicyclic amines) is 1. The van der Waals surface area contributed by atoms with Gasteiger partial charge in [-0.2, -0.15) is 0 Å². The zero-order chi connectivity index (χ0) is 14.8. The molecule has 0 aromatic carbocycles. The lowest BCUT2D eigenvalue weighted by Gasteiger charge is -2.27. The molecule has 1 aliphatic rings. The van der Waals surface area contributed by atoms with Gasteiger partial charge in [0.2, 0.25) is 0 Å². The van der Waals surface area contributed by atoms with Crippen molar-refractivity contribution in [2.45, 2.75) is 45.0 Å². The maximum Gasteiger partial charge on any atom is 0.412 e. The standard InChI is InChI=1S/C11H17FN2O5/c1-11(2,3)19-10(17)14-5-6(12)4-7(14)8(15)18-9(13)16/h6-7H,4-5H2,1-3H3,(H2,13,16). The third-order valence-electron chi connectivity index (χ3n) is 2.35. The fraction of sp³-hybridized carbons (Fsp3) is 0.727. The number of rotatable bonds is 1. The summed E-state index contributed by atoms with van der Waals surface area (Å²) in [4.78, 5) is 34.8. The molecule has 7 nitrogen and oxygen atoms in total. The molecular formula is C11H17FN2O5. The van der Waals surface area contributed by atoms with Gasteiger partial charge in [-0.05, 0) is 20.8 Å². The number of amides is 2. The molecule has 0 saturated carbocycles. The maximum atomic E-state index is 13.3. The highest BCUT2D eigenvalue weighted by Crippen LogP contribution is 2.24. The number of carbonyl (C=O) groups is 3. The van der Waals surface area contributed by atoms with E-state index in [1.165, 1.54) is 0 Å². The minimum Gasteiger partial charge on any atom is -0.444 e. The number of carbonyl (C=O) groups excluding carboxylic acids is 3. The predicted octanol–water partition coefficient (Wildman–Crippen LogP) is 0.956. The van der Waals surface area contributed by atoms with Gasteiger partial charge in [0.05, 0.1) is 6.54 Å². The number of hydrogen-bond donors (Lipinski definition) is 1. The molecule has 0 aromatic heterocycles. The number of esters is 1. The van der Waals surface area contributed by atoms with E-state index < -0.39 is 36.0 Å². The molecule has 2 unspecified atom stereocenters. The van der Waals surface area contributed by atoms with Crippen molar-refractivity contribution in [3.8, 4) is 0 Å². The molecule has 1 heterocycles. The van der Waals surface area contributed by atoms with Gasteiger partial charge in [0.25, 0.3) is 0 Å². The van der Waals surface area contributed by atoms with Crippen molar-refractivity contribution in [2.75, 3.05) is 6.54 Å². The van der Waals surface area contributed by atoms with Crippen molar-refractivity contribution in [3.05, 3.63) is 0 Å². The smallest absolute Gasteiger partial charge is 0.412 e. The fourth-order valence-electron chi connectivity index (χ4n) is 1.70. The van der Waals surface area contributed by atoms with E-state index in [1.807, 2.05) is 0 Å². The molecular weight excluding hydrogens is 259 g/mol. The van der Waals surface area contributed by atoms with Crippen LogP contribution in [-0.4, -0.2) is 47.4 Å². The minimum absolute atomic E-state index is 0.245. The summed E-state index contributed by atoms with van der Waals surface area (Å²) in [5.41, 5.74) is 3.93. The SMILES string of the molecule is CC(C)(C)OC(=O)N1CC(F)CC1C(=O)OC(N)=O. The first kappa shape index (κ1) is 15.2. The van der Waals surface area contributed by atoms with Gasteiger partial charge >= 0.3 is 18.2 Å². The molecule has 0 bridgehead atoms. The Balaban J connectivity index is 2.77. The summed E-state index contributed by atoms with van der Waals surface area (Å²) < 4.78 is 22.6. The molecule has 1 saturated heterocycles. The van der Waals surface area contributed by atoms with Gasteiger partial charge in [-0.3, -0.25) is 4.90 Å². The van der Waals surface area contributed by atoms with E-state index in [2.05, 4.69) is 4.74 Å². The lowest BCUT2D eigenvalue weighted by Crippen LogP contribution is -2.44. The van der Waals surface area contributed by atoms with Crippen molar-refractivity contribution in [1.29, 1.82) is 0 Å². The van der Waals surface area contributed by atoms with Crippen LogP contribution in [0.2, 0.25) is 0 Å². The molecule has 108 valence electrons. The average molecular weight is 276 g/mol. The highest BCUT2D eigenvalue weighted by molar-refractivity contribution is 5.89. The second-order valence-corrected chi connectivity index (χ2v) is 5.22. The monoisotopic (exact) mass is 276 g/mol. The number of ether oxygens (including phenoxy) is 2. The van der Waals surface area contributed by atoms with Gasteiger partial charge in [-0.15, -0.1) is 0 Å². The summed E-state index contributed by atoms with van der Waals surface area (Å²) in [6, 6.07) is -1.20. The van der Waals surface area contributed by atoms with Crippen LogP contribution in [0.3, 0.4) is 0 Å². The summed E-state index contributed by atoms with van der Waals surface area (Å²) in [5.74, 6) is -1.06. The highest BCUT2D eigenvalue weighted by Gasteiger charge is 2.43. The first-order chi connectivity index (χ1) is 8.60. The molecule has 8 heteroatoms. The Bertz CT molecular complexity index is 393. The van der Waals surface area contributed by atoms with Gasteiger partial charge < -0.3 is 15.2 Å². The number of primary amides is 1. The van der Waals surface area contributed by atoms with Crippen LogP contribution in [-0.2, 0) is 14.3 Å². The molecule has 2 amide bonds. The molecule has 2 N–H and O–H groups in total. The lowest BCUT2D eigenvalue weighted by atomic mass is 10.2. The zero-order valence-corrected chi connectivity index (χ0v) is 11.0.